The molecule has 0 aliphatic rings. The van der Waals surface area contributed by atoms with E-state index < -0.39 is 5.41 Å². The largest absolute Gasteiger partial charge is 0.326 e. The smallest absolute Gasteiger partial charge is 0.234 e. The monoisotopic (exact) mass is 485 g/mol. The summed E-state index contributed by atoms with van der Waals surface area (Å²) in [5, 5.41) is 15.2. The van der Waals surface area contributed by atoms with Crippen molar-refractivity contribution in [3.63, 3.8) is 0 Å². The SMILES string of the molecule is CC(C)(C)C(=O)Nc1cccc(NC(=O)CSc2nnc(-c3ccccc3)n2-c2ccccc2)c1. The van der Waals surface area contributed by atoms with E-state index in [9.17, 15) is 9.59 Å². The molecule has 7 nitrogen and oxygen atoms in total. The van der Waals surface area contributed by atoms with Gasteiger partial charge in [-0.2, -0.15) is 0 Å². The Labute approximate surface area is 209 Å². The summed E-state index contributed by atoms with van der Waals surface area (Å²) >= 11 is 1.31. The van der Waals surface area contributed by atoms with Crippen molar-refractivity contribution < 1.29 is 9.59 Å². The van der Waals surface area contributed by atoms with E-state index in [1.165, 1.54) is 11.8 Å². The van der Waals surface area contributed by atoms with Crippen molar-refractivity contribution in [1.29, 1.82) is 0 Å². The average Bonchev–Trinajstić information content (AvgIpc) is 3.27. The minimum Gasteiger partial charge on any atom is -0.326 e. The van der Waals surface area contributed by atoms with Gasteiger partial charge in [0.2, 0.25) is 11.8 Å². The topological polar surface area (TPSA) is 88.9 Å². The standard InChI is InChI=1S/C27H27N5O2S/c1-27(2,3)25(34)29-21-14-10-13-20(17-21)28-23(33)18-35-26-31-30-24(19-11-6-4-7-12-19)32(26)22-15-8-5-9-16-22/h4-17H,18H2,1-3H3,(H,28,33)(H,29,34). The van der Waals surface area contributed by atoms with Crippen LogP contribution in [0.4, 0.5) is 11.4 Å². The molecule has 178 valence electrons. The number of hydrogen-bond acceptors (Lipinski definition) is 5. The van der Waals surface area contributed by atoms with Crippen molar-refractivity contribution in [3.8, 4) is 17.1 Å². The molecule has 0 aliphatic heterocycles. The quantitative estimate of drug-likeness (QED) is 0.330. The maximum atomic E-state index is 12.7. The van der Waals surface area contributed by atoms with E-state index in [0.717, 1.165) is 11.3 Å². The van der Waals surface area contributed by atoms with E-state index in [4.69, 9.17) is 0 Å². The van der Waals surface area contributed by atoms with Gasteiger partial charge in [0.05, 0.1) is 5.75 Å². The first-order valence-corrected chi connectivity index (χ1v) is 12.2. The molecule has 0 fully saturated rings. The molecule has 0 radical (unpaired) electrons. The fraction of sp³-hybridized carbons (Fsp3) is 0.185. The zero-order valence-corrected chi connectivity index (χ0v) is 20.7. The van der Waals surface area contributed by atoms with Crippen molar-refractivity contribution in [2.75, 3.05) is 16.4 Å². The summed E-state index contributed by atoms with van der Waals surface area (Å²) in [5.41, 5.74) is 2.59. The summed E-state index contributed by atoms with van der Waals surface area (Å²) in [6.45, 7) is 5.55. The Kier molecular flexibility index (Phi) is 7.31. The molecule has 1 aromatic heterocycles. The molecule has 0 bridgehead atoms. The van der Waals surface area contributed by atoms with Crippen molar-refractivity contribution in [3.05, 3.63) is 84.9 Å². The maximum absolute atomic E-state index is 12.7. The zero-order chi connectivity index (χ0) is 24.8. The van der Waals surface area contributed by atoms with Crippen LogP contribution in [-0.4, -0.2) is 32.3 Å². The number of nitrogens with zero attached hydrogens (tertiary/aromatic N) is 3. The molecule has 2 amide bonds. The van der Waals surface area contributed by atoms with Gasteiger partial charge in [0.1, 0.15) is 0 Å². The summed E-state index contributed by atoms with van der Waals surface area (Å²) < 4.78 is 1.95. The summed E-state index contributed by atoms with van der Waals surface area (Å²) in [4.78, 5) is 25.0. The van der Waals surface area contributed by atoms with Crippen molar-refractivity contribution in [1.82, 2.24) is 14.8 Å². The van der Waals surface area contributed by atoms with Gasteiger partial charge in [-0.1, -0.05) is 87.1 Å². The highest BCUT2D eigenvalue weighted by atomic mass is 32.2. The van der Waals surface area contributed by atoms with Crippen LogP contribution in [0.2, 0.25) is 0 Å². The predicted octanol–water partition coefficient (Wildman–Crippen LogP) is 5.65. The number of carbonyl (C=O) groups excluding carboxylic acids is 2. The Morgan fingerprint density at radius 3 is 2.11 bits per heavy atom. The lowest BCUT2D eigenvalue weighted by Crippen LogP contribution is -2.27. The Balaban J connectivity index is 1.48. The molecule has 4 rings (SSSR count). The molecule has 35 heavy (non-hydrogen) atoms. The summed E-state index contributed by atoms with van der Waals surface area (Å²) in [5.74, 6) is 0.587. The van der Waals surface area contributed by atoms with Crippen LogP contribution in [0, 0.1) is 5.41 Å². The second-order valence-corrected chi connectivity index (χ2v) is 9.91. The van der Waals surface area contributed by atoms with Gasteiger partial charge in [-0.05, 0) is 30.3 Å². The van der Waals surface area contributed by atoms with Crippen LogP contribution in [0.5, 0.6) is 0 Å². The molecule has 0 atom stereocenters. The van der Waals surface area contributed by atoms with E-state index >= 15 is 0 Å². The van der Waals surface area contributed by atoms with Crippen LogP contribution >= 0.6 is 11.8 Å². The highest BCUT2D eigenvalue weighted by Gasteiger charge is 2.21. The molecule has 8 heteroatoms. The Hall–Kier alpha value is -3.91. The third-order valence-electron chi connectivity index (χ3n) is 5.10. The van der Waals surface area contributed by atoms with Gasteiger partial charge in [0.25, 0.3) is 0 Å². The lowest BCUT2D eigenvalue weighted by molar-refractivity contribution is -0.123. The number of aromatic nitrogens is 3. The molecule has 0 aliphatic carbocycles. The lowest BCUT2D eigenvalue weighted by Gasteiger charge is -2.18. The lowest BCUT2D eigenvalue weighted by atomic mass is 9.95. The van der Waals surface area contributed by atoms with Gasteiger partial charge in [0.15, 0.2) is 11.0 Å². The third-order valence-corrected chi connectivity index (χ3v) is 6.03. The van der Waals surface area contributed by atoms with E-state index in [0.29, 0.717) is 22.4 Å². The third kappa shape index (κ3) is 6.16. The van der Waals surface area contributed by atoms with E-state index in [1.807, 2.05) is 86.0 Å². The summed E-state index contributed by atoms with van der Waals surface area (Å²) in [6.07, 6.45) is 0. The number of amides is 2. The van der Waals surface area contributed by atoms with Gasteiger partial charge >= 0.3 is 0 Å². The number of hydrogen-bond donors (Lipinski definition) is 2. The molecule has 0 saturated heterocycles. The first-order chi connectivity index (χ1) is 16.8. The first-order valence-electron chi connectivity index (χ1n) is 11.2. The Morgan fingerprint density at radius 1 is 0.829 bits per heavy atom. The number of nitrogens with one attached hydrogen (secondary N) is 2. The van der Waals surface area contributed by atoms with E-state index in [-0.39, 0.29) is 17.6 Å². The van der Waals surface area contributed by atoms with Crippen molar-refractivity contribution in [2.24, 2.45) is 5.41 Å². The van der Waals surface area contributed by atoms with Crippen LogP contribution in [0.15, 0.2) is 90.1 Å². The molecule has 3 aromatic carbocycles. The maximum Gasteiger partial charge on any atom is 0.234 e. The first kappa shape index (κ1) is 24.2. The molecule has 1 heterocycles. The van der Waals surface area contributed by atoms with Crippen LogP contribution in [-0.2, 0) is 9.59 Å². The van der Waals surface area contributed by atoms with Crippen LogP contribution in [0.1, 0.15) is 20.8 Å². The number of thioether (sulfide) groups is 1. The Bertz CT molecular complexity index is 1310. The number of para-hydroxylation sites is 1. The molecule has 0 spiro atoms. The molecule has 4 aromatic rings. The normalized spacial score (nSPS) is 11.2. The number of carbonyl (C=O) groups is 2. The fourth-order valence-corrected chi connectivity index (χ4v) is 4.02. The number of rotatable bonds is 7. The average molecular weight is 486 g/mol. The molecular formula is C27H27N5O2S. The summed E-state index contributed by atoms with van der Waals surface area (Å²) in [6, 6.07) is 26.8. The minimum absolute atomic E-state index is 0.0917. The molecule has 2 N–H and O–H groups in total. The van der Waals surface area contributed by atoms with E-state index in [2.05, 4.69) is 20.8 Å². The molecule has 0 saturated carbocycles. The van der Waals surface area contributed by atoms with Gasteiger partial charge in [-0.15, -0.1) is 10.2 Å². The van der Waals surface area contributed by atoms with Crippen LogP contribution < -0.4 is 10.6 Å². The van der Waals surface area contributed by atoms with Gasteiger partial charge in [0, 0.05) is 28.0 Å². The highest BCUT2D eigenvalue weighted by molar-refractivity contribution is 7.99. The number of anilines is 2. The highest BCUT2D eigenvalue weighted by Crippen LogP contribution is 2.28. The fourth-order valence-electron chi connectivity index (χ4n) is 3.27. The second kappa shape index (κ2) is 10.6. The van der Waals surface area contributed by atoms with Gasteiger partial charge in [-0.3, -0.25) is 14.2 Å². The van der Waals surface area contributed by atoms with Crippen LogP contribution in [0.3, 0.4) is 0 Å². The number of benzene rings is 3. The van der Waals surface area contributed by atoms with Crippen LogP contribution in [0.25, 0.3) is 17.1 Å². The van der Waals surface area contributed by atoms with Crippen molar-refractivity contribution in [2.45, 2.75) is 25.9 Å². The van der Waals surface area contributed by atoms with E-state index in [1.54, 1.807) is 24.3 Å². The second-order valence-electron chi connectivity index (χ2n) is 8.96. The molecule has 0 unspecified atom stereocenters. The zero-order valence-electron chi connectivity index (χ0n) is 19.9. The molecular weight excluding hydrogens is 458 g/mol. The van der Waals surface area contributed by atoms with Crippen molar-refractivity contribution >= 4 is 35.0 Å². The Morgan fingerprint density at radius 2 is 1.46 bits per heavy atom. The minimum atomic E-state index is -0.511. The summed E-state index contributed by atoms with van der Waals surface area (Å²) in [7, 11) is 0. The van der Waals surface area contributed by atoms with Gasteiger partial charge < -0.3 is 10.6 Å². The van der Waals surface area contributed by atoms with Gasteiger partial charge in [-0.25, -0.2) is 0 Å². The predicted molar refractivity (Wildman–Crippen MR) is 141 cm³/mol.